The molecule has 1 saturated heterocycles. The van der Waals surface area contributed by atoms with E-state index in [1.54, 1.807) is 0 Å². The molecule has 0 N–H and O–H groups in total. The van der Waals surface area contributed by atoms with E-state index in [2.05, 4.69) is 47.3 Å². The van der Waals surface area contributed by atoms with Gasteiger partial charge in [-0.05, 0) is 36.7 Å². The highest BCUT2D eigenvalue weighted by Gasteiger charge is 2.32. The van der Waals surface area contributed by atoms with Crippen molar-refractivity contribution in [2.45, 2.75) is 18.5 Å². The van der Waals surface area contributed by atoms with Gasteiger partial charge in [0.05, 0.1) is 24.8 Å². The maximum atomic E-state index is 5.66. The van der Waals surface area contributed by atoms with Gasteiger partial charge in [0.2, 0.25) is 0 Å². The molecular formula is C17H18N2O. The van der Waals surface area contributed by atoms with Gasteiger partial charge >= 0.3 is 0 Å². The first-order chi connectivity index (χ1) is 9.81. The summed E-state index contributed by atoms with van der Waals surface area (Å²) in [4.78, 5) is 6.90. The van der Waals surface area contributed by atoms with Crippen LogP contribution in [0.4, 0.5) is 0 Å². The number of rotatable bonds is 1. The van der Waals surface area contributed by atoms with Gasteiger partial charge in [0, 0.05) is 17.6 Å². The molecule has 20 heavy (non-hydrogen) atoms. The summed E-state index contributed by atoms with van der Waals surface area (Å²) in [6.45, 7) is 1.65. The summed E-state index contributed by atoms with van der Waals surface area (Å²) in [5.41, 5.74) is 3.82. The second-order valence-electron chi connectivity index (χ2n) is 5.73. The Morgan fingerprint density at radius 1 is 1.25 bits per heavy atom. The minimum absolute atomic E-state index is 0.414. The number of aromatic nitrogens is 1. The minimum Gasteiger partial charge on any atom is -0.378 e. The van der Waals surface area contributed by atoms with Crippen molar-refractivity contribution in [3.05, 3.63) is 48.2 Å². The van der Waals surface area contributed by atoms with Gasteiger partial charge in [0.25, 0.3) is 0 Å². The van der Waals surface area contributed by atoms with E-state index in [0.29, 0.717) is 12.1 Å². The minimum atomic E-state index is 0.414. The summed E-state index contributed by atoms with van der Waals surface area (Å²) in [5, 5.41) is 1.20. The Bertz CT molecular complexity index is 679. The molecule has 4 rings (SSSR count). The molecule has 1 fully saturated rings. The van der Waals surface area contributed by atoms with Gasteiger partial charge in [-0.1, -0.05) is 24.3 Å². The number of pyridine rings is 1. The zero-order valence-electron chi connectivity index (χ0n) is 11.6. The van der Waals surface area contributed by atoms with Crippen LogP contribution in [-0.4, -0.2) is 42.2 Å². The molecule has 2 atom stereocenters. The SMILES string of the molecule is CN1C2C=C(c3ccc4cccnc4c3)CC1COC2. The van der Waals surface area contributed by atoms with E-state index in [0.717, 1.165) is 25.2 Å². The van der Waals surface area contributed by atoms with E-state index >= 15 is 0 Å². The number of fused-ring (bicyclic) bond motifs is 3. The van der Waals surface area contributed by atoms with Crippen LogP contribution in [0.1, 0.15) is 12.0 Å². The number of hydrogen-bond donors (Lipinski definition) is 0. The number of benzene rings is 1. The zero-order valence-corrected chi connectivity index (χ0v) is 11.6. The van der Waals surface area contributed by atoms with E-state index in [4.69, 9.17) is 4.74 Å². The van der Waals surface area contributed by atoms with Crippen LogP contribution in [0.3, 0.4) is 0 Å². The largest absolute Gasteiger partial charge is 0.378 e. The summed E-state index contributed by atoms with van der Waals surface area (Å²) >= 11 is 0. The first-order valence-corrected chi connectivity index (χ1v) is 7.17. The van der Waals surface area contributed by atoms with E-state index < -0.39 is 0 Å². The molecule has 0 saturated carbocycles. The average molecular weight is 266 g/mol. The van der Waals surface area contributed by atoms with Crippen LogP contribution in [0, 0.1) is 0 Å². The Morgan fingerprint density at radius 3 is 3.10 bits per heavy atom. The van der Waals surface area contributed by atoms with Crippen molar-refractivity contribution < 1.29 is 4.74 Å². The zero-order chi connectivity index (χ0) is 13.5. The molecule has 2 aliphatic rings. The Balaban J connectivity index is 1.75. The maximum Gasteiger partial charge on any atom is 0.0708 e. The Morgan fingerprint density at radius 2 is 2.20 bits per heavy atom. The summed E-state index contributed by atoms with van der Waals surface area (Å²) in [7, 11) is 2.20. The monoisotopic (exact) mass is 266 g/mol. The Labute approximate surface area is 118 Å². The van der Waals surface area contributed by atoms with Crippen LogP contribution in [0.15, 0.2) is 42.6 Å². The average Bonchev–Trinajstić information content (AvgIpc) is 2.46. The third kappa shape index (κ3) is 1.94. The second-order valence-corrected chi connectivity index (χ2v) is 5.73. The lowest BCUT2D eigenvalue weighted by atomic mass is 9.90. The van der Waals surface area contributed by atoms with Crippen molar-refractivity contribution in [1.29, 1.82) is 0 Å². The van der Waals surface area contributed by atoms with Crippen molar-refractivity contribution in [3.63, 3.8) is 0 Å². The number of ether oxygens (including phenoxy) is 1. The predicted molar refractivity (Wildman–Crippen MR) is 80.5 cm³/mol. The van der Waals surface area contributed by atoms with Gasteiger partial charge in [-0.3, -0.25) is 9.88 Å². The molecule has 0 radical (unpaired) electrons. The molecule has 2 aliphatic heterocycles. The van der Waals surface area contributed by atoms with E-state index in [9.17, 15) is 0 Å². The molecule has 0 aliphatic carbocycles. The third-order valence-electron chi connectivity index (χ3n) is 4.52. The van der Waals surface area contributed by atoms with Crippen LogP contribution < -0.4 is 0 Å². The molecule has 3 heteroatoms. The fourth-order valence-corrected chi connectivity index (χ4v) is 3.23. The highest BCUT2D eigenvalue weighted by Crippen LogP contribution is 2.32. The third-order valence-corrected chi connectivity index (χ3v) is 4.52. The Kier molecular flexibility index (Phi) is 2.83. The lowest BCUT2D eigenvalue weighted by Gasteiger charge is -2.42. The topological polar surface area (TPSA) is 25.4 Å². The van der Waals surface area contributed by atoms with Crippen molar-refractivity contribution in [3.8, 4) is 0 Å². The lowest BCUT2D eigenvalue weighted by Crippen LogP contribution is -2.51. The first kappa shape index (κ1) is 12.1. The van der Waals surface area contributed by atoms with Crippen molar-refractivity contribution in [2.24, 2.45) is 0 Å². The van der Waals surface area contributed by atoms with Gasteiger partial charge < -0.3 is 4.74 Å². The van der Waals surface area contributed by atoms with Gasteiger partial charge in [-0.15, -0.1) is 0 Å². The van der Waals surface area contributed by atoms with Crippen LogP contribution >= 0.6 is 0 Å². The van der Waals surface area contributed by atoms with Crippen LogP contribution in [0.2, 0.25) is 0 Å². The second kappa shape index (κ2) is 4.69. The Hall–Kier alpha value is -1.71. The summed E-state index contributed by atoms with van der Waals surface area (Å²) in [6.07, 6.45) is 5.28. The normalized spacial score (nSPS) is 26.6. The van der Waals surface area contributed by atoms with Gasteiger partial charge in [0.15, 0.2) is 0 Å². The molecule has 1 aromatic carbocycles. The molecular weight excluding hydrogens is 248 g/mol. The van der Waals surface area contributed by atoms with Crippen molar-refractivity contribution >= 4 is 16.5 Å². The van der Waals surface area contributed by atoms with Crippen molar-refractivity contribution in [1.82, 2.24) is 9.88 Å². The number of morpholine rings is 1. The fourth-order valence-electron chi connectivity index (χ4n) is 3.23. The molecule has 3 nitrogen and oxygen atoms in total. The smallest absolute Gasteiger partial charge is 0.0708 e. The van der Waals surface area contributed by atoms with Gasteiger partial charge in [-0.25, -0.2) is 0 Å². The van der Waals surface area contributed by atoms with E-state index in [1.807, 2.05) is 12.3 Å². The highest BCUT2D eigenvalue weighted by atomic mass is 16.5. The lowest BCUT2D eigenvalue weighted by molar-refractivity contribution is -0.0221. The number of hydrogen-bond acceptors (Lipinski definition) is 3. The fraction of sp³-hybridized carbons (Fsp3) is 0.353. The van der Waals surface area contributed by atoms with E-state index in [1.165, 1.54) is 16.5 Å². The summed E-state index contributed by atoms with van der Waals surface area (Å²) in [6, 6.07) is 11.6. The molecule has 0 amide bonds. The van der Waals surface area contributed by atoms with E-state index in [-0.39, 0.29) is 0 Å². The highest BCUT2D eigenvalue weighted by molar-refractivity contribution is 5.83. The van der Waals surface area contributed by atoms with Gasteiger partial charge in [0.1, 0.15) is 0 Å². The molecule has 2 aromatic rings. The molecule has 1 aromatic heterocycles. The van der Waals surface area contributed by atoms with Crippen molar-refractivity contribution in [2.75, 3.05) is 20.3 Å². The standard InChI is InChI=1S/C17H18N2O/c1-19-15-7-14(8-16(19)11-20-10-15)13-5-4-12-3-2-6-18-17(12)9-13/h2-7,9,15-16H,8,10-11H2,1H3. The molecule has 3 heterocycles. The molecule has 102 valence electrons. The van der Waals surface area contributed by atoms with Crippen LogP contribution in [-0.2, 0) is 4.74 Å². The van der Waals surface area contributed by atoms with Gasteiger partial charge in [-0.2, -0.15) is 0 Å². The summed E-state index contributed by atoms with van der Waals surface area (Å²) < 4.78 is 5.66. The molecule has 0 spiro atoms. The van der Waals surface area contributed by atoms with Crippen LogP contribution in [0.25, 0.3) is 16.5 Å². The predicted octanol–water partition coefficient (Wildman–Crippen LogP) is 2.72. The molecule has 2 bridgehead atoms. The van der Waals surface area contributed by atoms with Crippen LogP contribution in [0.5, 0.6) is 0 Å². The molecule has 2 unspecified atom stereocenters. The maximum absolute atomic E-state index is 5.66. The number of likely N-dealkylation sites (N-methyl/N-ethyl adjacent to an activating group) is 1. The first-order valence-electron chi connectivity index (χ1n) is 7.17. The quantitative estimate of drug-likeness (QED) is 0.793. The summed E-state index contributed by atoms with van der Waals surface area (Å²) in [5.74, 6) is 0. The number of nitrogens with zero attached hydrogens (tertiary/aromatic N) is 2.